The van der Waals surface area contributed by atoms with Crippen LogP contribution >= 0.6 is 0 Å². The highest BCUT2D eigenvalue weighted by atomic mass is 28.3. The number of amides is 2. The minimum atomic E-state index is -2.30. The first kappa shape index (κ1) is 28.1. The van der Waals surface area contributed by atoms with Gasteiger partial charge in [-0.15, -0.1) is 0 Å². The second-order valence-corrected chi connectivity index (χ2v) is 14.5. The molecule has 0 bridgehead atoms. The van der Waals surface area contributed by atoms with Crippen LogP contribution in [0.4, 0.5) is 0 Å². The summed E-state index contributed by atoms with van der Waals surface area (Å²) in [6.45, 7) is 3.45. The van der Waals surface area contributed by atoms with Gasteiger partial charge in [0.25, 0.3) is 5.91 Å². The van der Waals surface area contributed by atoms with Crippen LogP contribution in [0, 0.1) is 5.92 Å². The van der Waals surface area contributed by atoms with Gasteiger partial charge >= 0.3 is 0 Å². The lowest BCUT2D eigenvalue weighted by molar-refractivity contribution is -0.120. The third-order valence-electron chi connectivity index (χ3n) is 7.42. The predicted octanol–water partition coefficient (Wildman–Crippen LogP) is 5.41. The number of hydrogen-bond donors (Lipinski definition) is 2. The number of carbonyl (C=O) groups excluding carboxylic acids is 2. The Balaban J connectivity index is 1.49. The van der Waals surface area contributed by atoms with Crippen LogP contribution in [-0.2, 0) is 11.3 Å². The topological polar surface area (TPSA) is 58.2 Å². The third-order valence-corrected chi connectivity index (χ3v) is 12.8. The molecule has 0 heterocycles. The zero-order chi connectivity index (χ0) is 27.3. The summed E-state index contributed by atoms with van der Waals surface area (Å²) in [6.07, 6.45) is 1.37. The van der Waals surface area contributed by atoms with Crippen molar-refractivity contribution in [2.24, 2.45) is 5.92 Å². The minimum absolute atomic E-state index is 0.0347. The highest BCUT2D eigenvalue weighted by Gasteiger charge is 2.38. The summed E-state index contributed by atoms with van der Waals surface area (Å²) in [6, 6.07) is 42.8. The van der Waals surface area contributed by atoms with Crippen LogP contribution in [0.1, 0.15) is 35.7 Å². The zero-order valence-corrected chi connectivity index (χ0v) is 23.7. The van der Waals surface area contributed by atoms with E-state index >= 15 is 0 Å². The molecule has 0 radical (unpaired) electrons. The van der Waals surface area contributed by atoms with Crippen molar-refractivity contribution in [3.05, 3.63) is 132 Å². The first-order valence-corrected chi connectivity index (χ1v) is 16.2. The Hall–Kier alpha value is -3.96. The second-order valence-electron chi connectivity index (χ2n) is 10.3. The Morgan fingerprint density at radius 3 is 1.77 bits per heavy atom. The van der Waals surface area contributed by atoms with Gasteiger partial charge in [0.15, 0.2) is 0 Å². The van der Waals surface area contributed by atoms with Gasteiger partial charge in [-0.2, -0.15) is 0 Å². The average molecular weight is 535 g/mol. The van der Waals surface area contributed by atoms with Crippen molar-refractivity contribution in [1.82, 2.24) is 10.6 Å². The first-order valence-electron chi connectivity index (χ1n) is 13.8. The van der Waals surface area contributed by atoms with Gasteiger partial charge in [0.2, 0.25) is 5.91 Å². The maximum Gasteiger partial charge on any atom is 0.251 e. The Labute approximate surface area is 233 Å². The number of carbonyl (C=O) groups is 2. The van der Waals surface area contributed by atoms with Crippen molar-refractivity contribution in [2.75, 3.05) is 6.54 Å². The lowest BCUT2D eigenvalue weighted by Crippen LogP contribution is -2.59. The van der Waals surface area contributed by atoms with Crippen molar-refractivity contribution in [3.63, 3.8) is 0 Å². The molecule has 0 aliphatic carbocycles. The first-order chi connectivity index (χ1) is 19.1. The Kier molecular flexibility index (Phi) is 10.3. The maximum absolute atomic E-state index is 13.1. The molecule has 0 fully saturated rings. The average Bonchev–Trinajstić information content (AvgIpc) is 3.00. The fourth-order valence-corrected chi connectivity index (χ4v) is 10.6. The molecule has 4 nitrogen and oxygen atoms in total. The van der Waals surface area contributed by atoms with E-state index in [9.17, 15) is 9.59 Å². The summed E-state index contributed by atoms with van der Waals surface area (Å²) in [5.74, 6) is 0.429. The van der Waals surface area contributed by atoms with E-state index in [0.29, 0.717) is 31.0 Å². The fourth-order valence-electron chi connectivity index (χ4n) is 5.34. The van der Waals surface area contributed by atoms with Crippen molar-refractivity contribution in [3.8, 4) is 0 Å². The lowest BCUT2D eigenvalue weighted by Gasteiger charge is -2.35. The standard InChI is InChI=1S/C34H38N2O2Si/c1-28(22-24-35-34(38)30-16-8-3-9-17-30)27-39(31-18-10-4-11-19-31,32-20-12-5-13-21-32)25-23-33(37)36-26-29-14-6-2-7-15-29/h2-21,28H,22-27H2,1H3,(H,35,38)(H,36,37). The van der Waals surface area contributed by atoms with E-state index in [1.165, 1.54) is 10.4 Å². The van der Waals surface area contributed by atoms with Crippen LogP contribution in [-0.4, -0.2) is 26.4 Å². The summed E-state index contributed by atoms with van der Waals surface area (Å²) >= 11 is 0. The molecule has 2 N–H and O–H groups in total. The Morgan fingerprint density at radius 1 is 0.692 bits per heavy atom. The van der Waals surface area contributed by atoms with E-state index in [1.54, 1.807) is 0 Å². The minimum Gasteiger partial charge on any atom is -0.352 e. The lowest BCUT2D eigenvalue weighted by atomic mass is 10.1. The zero-order valence-electron chi connectivity index (χ0n) is 22.7. The summed E-state index contributed by atoms with van der Waals surface area (Å²) in [7, 11) is -2.30. The van der Waals surface area contributed by atoms with E-state index in [4.69, 9.17) is 0 Å². The van der Waals surface area contributed by atoms with Gasteiger partial charge in [-0.05, 0) is 42.1 Å². The van der Waals surface area contributed by atoms with Gasteiger partial charge in [-0.1, -0.05) is 126 Å². The second kappa shape index (κ2) is 14.3. The summed E-state index contributed by atoms with van der Waals surface area (Å²) in [4.78, 5) is 25.6. The Bertz CT molecular complexity index is 1260. The molecule has 0 aliphatic rings. The Morgan fingerprint density at radius 2 is 1.21 bits per heavy atom. The van der Waals surface area contributed by atoms with Gasteiger partial charge in [-0.3, -0.25) is 9.59 Å². The molecule has 4 aromatic carbocycles. The van der Waals surface area contributed by atoms with Crippen molar-refractivity contribution in [2.45, 2.75) is 38.4 Å². The van der Waals surface area contributed by atoms with Crippen molar-refractivity contribution < 1.29 is 9.59 Å². The molecule has 4 rings (SSSR count). The molecule has 0 saturated heterocycles. The van der Waals surface area contributed by atoms with Crippen LogP contribution in [0.15, 0.2) is 121 Å². The molecule has 0 spiro atoms. The SMILES string of the molecule is CC(CCNC(=O)c1ccccc1)C[Si](CCC(=O)NCc1ccccc1)(c1ccccc1)c1ccccc1. The third kappa shape index (κ3) is 8.01. The molecule has 1 unspecified atom stereocenters. The van der Waals surface area contributed by atoms with E-state index < -0.39 is 8.07 Å². The quantitative estimate of drug-likeness (QED) is 0.225. The van der Waals surface area contributed by atoms with Crippen LogP contribution in [0.3, 0.4) is 0 Å². The molecular formula is C34H38N2O2Si. The molecule has 0 aliphatic heterocycles. The van der Waals surface area contributed by atoms with Crippen LogP contribution in [0.2, 0.25) is 12.1 Å². The van der Waals surface area contributed by atoms with E-state index in [-0.39, 0.29) is 11.8 Å². The van der Waals surface area contributed by atoms with Gasteiger partial charge in [0.1, 0.15) is 8.07 Å². The predicted molar refractivity (Wildman–Crippen MR) is 163 cm³/mol. The van der Waals surface area contributed by atoms with Crippen molar-refractivity contribution >= 4 is 30.3 Å². The number of benzene rings is 4. The van der Waals surface area contributed by atoms with Crippen LogP contribution in [0.5, 0.6) is 0 Å². The molecule has 1 atom stereocenters. The maximum atomic E-state index is 13.1. The van der Waals surface area contributed by atoms with Crippen LogP contribution in [0.25, 0.3) is 0 Å². The van der Waals surface area contributed by atoms with Crippen molar-refractivity contribution in [1.29, 1.82) is 0 Å². The molecule has 39 heavy (non-hydrogen) atoms. The molecule has 4 aromatic rings. The highest BCUT2D eigenvalue weighted by Crippen LogP contribution is 2.25. The van der Waals surface area contributed by atoms with E-state index in [0.717, 1.165) is 24.1 Å². The number of hydrogen-bond acceptors (Lipinski definition) is 2. The summed E-state index contributed by atoms with van der Waals surface area (Å²) < 4.78 is 0. The number of rotatable bonds is 13. The van der Waals surface area contributed by atoms with Gasteiger partial charge < -0.3 is 10.6 Å². The van der Waals surface area contributed by atoms with E-state index in [2.05, 4.69) is 78.2 Å². The largest absolute Gasteiger partial charge is 0.352 e. The van der Waals surface area contributed by atoms with Crippen LogP contribution < -0.4 is 21.0 Å². The monoisotopic (exact) mass is 534 g/mol. The molecule has 0 saturated carbocycles. The molecule has 2 amide bonds. The molecule has 200 valence electrons. The fraction of sp³-hybridized carbons (Fsp3) is 0.235. The molecule has 0 aromatic heterocycles. The van der Waals surface area contributed by atoms with Gasteiger partial charge in [0.05, 0.1) is 0 Å². The van der Waals surface area contributed by atoms with E-state index in [1.807, 2.05) is 60.7 Å². The summed E-state index contributed by atoms with van der Waals surface area (Å²) in [5.41, 5.74) is 1.79. The smallest absolute Gasteiger partial charge is 0.251 e. The molecule has 5 heteroatoms. The van der Waals surface area contributed by atoms with Gasteiger partial charge in [-0.25, -0.2) is 0 Å². The summed E-state index contributed by atoms with van der Waals surface area (Å²) in [5, 5.41) is 8.92. The van der Waals surface area contributed by atoms with Gasteiger partial charge in [0, 0.05) is 25.1 Å². The molecular weight excluding hydrogens is 496 g/mol. The highest BCUT2D eigenvalue weighted by molar-refractivity contribution is 7.02. The normalized spacial score (nSPS) is 11.9. The number of nitrogens with one attached hydrogen (secondary N) is 2.